The van der Waals surface area contributed by atoms with Crippen LogP contribution < -0.4 is 5.32 Å². The van der Waals surface area contributed by atoms with Crippen molar-refractivity contribution in [3.8, 4) is 5.82 Å². The highest BCUT2D eigenvalue weighted by Gasteiger charge is 2.20. The summed E-state index contributed by atoms with van der Waals surface area (Å²) in [5.74, 6) is 2.48. The quantitative estimate of drug-likeness (QED) is 0.884. The first-order valence-corrected chi connectivity index (χ1v) is 6.32. The molecule has 0 aliphatic heterocycles. The van der Waals surface area contributed by atoms with E-state index in [2.05, 4.69) is 20.4 Å². The fourth-order valence-electron chi connectivity index (χ4n) is 1.96. The molecule has 94 valence electrons. The highest BCUT2D eigenvalue weighted by molar-refractivity contribution is 5.24. The zero-order valence-electron chi connectivity index (χ0n) is 10.7. The highest BCUT2D eigenvalue weighted by atomic mass is 15.4. The van der Waals surface area contributed by atoms with Crippen LogP contribution >= 0.6 is 0 Å². The van der Waals surface area contributed by atoms with Crippen LogP contribution in [0.15, 0.2) is 18.2 Å². The van der Waals surface area contributed by atoms with Gasteiger partial charge in [0, 0.05) is 12.6 Å². The normalized spacial score (nSPS) is 15.0. The summed E-state index contributed by atoms with van der Waals surface area (Å²) in [5, 5.41) is 7.82. The Hall–Kier alpha value is -1.75. The molecule has 0 bridgehead atoms. The summed E-state index contributed by atoms with van der Waals surface area (Å²) in [6.45, 7) is 4.66. The Kier molecular flexibility index (Phi) is 2.83. The van der Waals surface area contributed by atoms with Gasteiger partial charge >= 0.3 is 0 Å². The van der Waals surface area contributed by atoms with E-state index in [1.807, 2.05) is 32.0 Å². The molecule has 0 amide bonds. The van der Waals surface area contributed by atoms with Crippen LogP contribution in [-0.4, -0.2) is 25.8 Å². The summed E-state index contributed by atoms with van der Waals surface area (Å²) < 4.78 is 1.79. The Balaban J connectivity index is 1.82. The minimum atomic E-state index is 0.700. The molecule has 1 N–H and O–H groups in total. The number of aryl methyl sites for hydroxylation is 2. The summed E-state index contributed by atoms with van der Waals surface area (Å²) in [7, 11) is 0. The molecule has 1 aliphatic rings. The SMILES string of the molecule is Cc1nc(C)n(-c2cccc(CNC3CC3)n2)n1. The van der Waals surface area contributed by atoms with Crippen LogP contribution in [0, 0.1) is 13.8 Å². The van der Waals surface area contributed by atoms with Crippen LogP contribution in [0.5, 0.6) is 0 Å². The van der Waals surface area contributed by atoms with Crippen molar-refractivity contribution in [3.05, 3.63) is 35.5 Å². The fraction of sp³-hybridized carbons (Fsp3) is 0.462. The van der Waals surface area contributed by atoms with Gasteiger partial charge in [0.2, 0.25) is 0 Å². The lowest BCUT2D eigenvalue weighted by Crippen LogP contribution is -2.16. The van der Waals surface area contributed by atoms with E-state index in [1.165, 1.54) is 12.8 Å². The molecule has 3 rings (SSSR count). The van der Waals surface area contributed by atoms with E-state index in [0.717, 1.165) is 29.7 Å². The molecule has 0 aromatic carbocycles. The second-order valence-corrected chi connectivity index (χ2v) is 4.76. The van der Waals surface area contributed by atoms with Gasteiger partial charge in [-0.1, -0.05) is 6.07 Å². The van der Waals surface area contributed by atoms with Gasteiger partial charge in [0.1, 0.15) is 11.6 Å². The van der Waals surface area contributed by atoms with Gasteiger partial charge < -0.3 is 5.32 Å². The minimum Gasteiger partial charge on any atom is -0.308 e. The van der Waals surface area contributed by atoms with Gasteiger partial charge in [0.15, 0.2) is 5.82 Å². The van der Waals surface area contributed by atoms with Crippen molar-refractivity contribution in [1.82, 2.24) is 25.1 Å². The zero-order chi connectivity index (χ0) is 12.5. The molecule has 0 radical (unpaired) electrons. The lowest BCUT2D eigenvalue weighted by atomic mass is 10.3. The molecule has 5 heteroatoms. The highest BCUT2D eigenvalue weighted by Crippen LogP contribution is 2.19. The summed E-state index contributed by atoms with van der Waals surface area (Å²) >= 11 is 0. The van der Waals surface area contributed by atoms with Crippen molar-refractivity contribution in [2.75, 3.05) is 0 Å². The number of pyridine rings is 1. The predicted octanol–water partition coefficient (Wildman–Crippen LogP) is 1.53. The fourth-order valence-corrected chi connectivity index (χ4v) is 1.96. The molecular weight excluding hydrogens is 226 g/mol. The molecule has 0 saturated heterocycles. The van der Waals surface area contributed by atoms with Gasteiger partial charge in [-0.2, -0.15) is 4.68 Å². The molecule has 1 saturated carbocycles. The van der Waals surface area contributed by atoms with Crippen LogP contribution in [0.1, 0.15) is 30.2 Å². The average molecular weight is 243 g/mol. The van der Waals surface area contributed by atoms with Crippen molar-refractivity contribution >= 4 is 0 Å². The Morgan fingerprint density at radius 2 is 2.11 bits per heavy atom. The Labute approximate surface area is 106 Å². The summed E-state index contributed by atoms with van der Waals surface area (Å²) in [6, 6.07) is 6.72. The molecule has 0 atom stereocenters. The van der Waals surface area contributed by atoms with Crippen molar-refractivity contribution in [1.29, 1.82) is 0 Å². The van der Waals surface area contributed by atoms with Crippen LogP contribution in [0.3, 0.4) is 0 Å². The van der Waals surface area contributed by atoms with Gasteiger partial charge in [-0.15, -0.1) is 5.10 Å². The number of nitrogens with zero attached hydrogens (tertiary/aromatic N) is 4. The van der Waals surface area contributed by atoms with Gasteiger partial charge in [0.25, 0.3) is 0 Å². The average Bonchev–Trinajstić information content (AvgIpc) is 3.12. The van der Waals surface area contributed by atoms with E-state index >= 15 is 0 Å². The third-order valence-electron chi connectivity index (χ3n) is 3.03. The standard InChI is InChI=1S/C13H17N5/c1-9-15-10(2)18(17-9)13-5-3-4-12(16-13)8-14-11-6-7-11/h3-5,11,14H,6-8H2,1-2H3. The molecule has 18 heavy (non-hydrogen) atoms. The van der Waals surface area contributed by atoms with E-state index in [-0.39, 0.29) is 0 Å². The first kappa shape index (κ1) is 11.3. The maximum Gasteiger partial charge on any atom is 0.155 e. The number of hydrogen-bond acceptors (Lipinski definition) is 4. The van der Waals surface area contributed by atoms with E-state index in [0.29, 0.717) is 6.04 Å². The van der Waals surface area contributed by atoms with Gasteiger partial charge in [-0.25, -0.2) is 9.97 Å². The largest absolute Gasteiger partial charge is 0.308 e. The molecule has 0 unspecified atom stereocenters. The maximum atomic E-state index is 4.61. The van der Waals surface area contributed by atoms with Gasteiger partial charge in [-0.3, -0.25) is 0 Å². The van der Waals surface area contributed by atoms with Crippen LogP contribution in [0.25, 0.3) is 5.82 Å². The summed E-state index contributed by atoms with van der Waals surface area (Å²) in [5.41, 5.74) is 1.05. The first-order valence-electron chi connectivity index (χ1n) is 6.32. The van der Waals surface area contributed by atoms with E-state index in [4.69, 9.17) is 0 Å². The summed E-state index contributed by atoms with van der Waals surface area (Å²) in [4.78, 5) is 8.91. The van der Waals surface area contributed by atoms with Crippen molar-refractivity contribution in [2.45, 2.75) is 39.3 Å². The van der Waals surface area contributed by atoms with Crippen molar-refractivity contribution in [2.24, 2.45) is 0 Å². The van der Waals surface area contributed by atoms with Crippen LogP contribution in [0.2, 0.25) is 0 Å². The maximum absolute atomic E-state index is 4.61. The van der Waals surface area contributed by atoms with Crippen molar-refractivity contribution in [3.63, 3.8) is 0 Å². The lowest BCUT2D eigenvalue weighted by molar-refractivity contribution is 0.669. The lowest BCUT2D eigenvalue weighted by Gasteiger charge is -2.06. The second-order valence-electron chi connectivity index (χ2n) is 4.76. The van der Waals surface area contributed by atoms with E-state index in [1.54, 1.807) is 4.68 Å². The molecule has 1 fully saturated rings. The minimum absolute atomic E-state index is 0.700. The smallest absolute Gasteiger partial charge is 0.155 e. The molecule has 5 nitrogen and oxygen atoms in total. The first-order chi connectivity index (χ1) is 8.72. The van der Waals surface area contributed by atoms with Gasteiger partial charge in [-0.05, 0) is 38.8 Å². The van der Waals surface area contributed by atoms with E-state index < -0.39 is 0 Å². The third kappa shape index (κ3) is 2.41. The monoisotopic (exact) mass is 243 g/mol. The van der Waals surface area contributed by atoms with E-state index in [9.17, 15) is 0 Å². The zero-order valence-corrected chi connectivity index (χ0v) is 10.7. The topological polar surface area (TPSA) is 55.6 Å². The Morgan fingerprint density at radius 1 is 1.28 bits per heavy atom. The van der Waals surface area contributed by atoms with Crippen LogP contribution in [-0.2, 0) is 6.54 Å². The molecule has 2 heterocycles. The number of nitrogens with one attached hydrogen (secondary N) is 1. The molecule has 0 spiro atoms. The predicted molar refractivity (Wildman–Crippen MR) is 68.5 cm³/mol. The van der Waals surface area contributed by atoms with Crippen LogP contribution in [0.4, 0.5) is 0 Å². The molecule has 2 aromatic heterocycles. The van der Waals surface area contributed by atoms with Gasteiger partial charge in [0.05, 0.1) is 5.69 Å². The number of rotatable bonds is 4. The summed E-state index contributed by atoms with van der Waals surface area (Å²) in [6.07, 6.45) is 2.59. The third-order valence-corrected chi connectivity index (χ3v) is 3.03. The molecular formula is C13H17N5. The number of aromatic nitrogens is 4. The molecule has 2 aromatic rings. The Bertz CT molecular complexity index is 556. The molecule has 1 aliphatic carbocycles. The second kappa shape index (κ2) is 4.49. The Morgan fingerprint density at radius 3 is 2.78 bits per heavy atom. The number of hydrogen-bond donors (Lipinski definition) is 1. The van der Waals surface area contributed by atoms with Crippen molar-refractivity contribution < 1.29 is 0 Å².